The normalized spacial score (nSPS) is 9.93. The molecule has 0 atom stereocenters. The van der Waals surface area contributed by atoms with Gasteiger partial charge in [0.2, 0.25) is 0 Å². The third-order valence-corrected chi connectivity index (χ3v) is 2.69. The molecule has 14 heavy (non-hydrogen) atoms. The van der Waals surface area contributed by atoms with Crippen molar-refractivity contribution in [2.24, 2.45) is 0 Å². The molecule has 2 N–H and O–H groups in total. The first kappa shape index (κ1) is 11.2. The van der Waals surface area contributed by atoms with Crippen molar-refractivity contribution in [3.63, 3.8) is 0 Å². The van der Waals surface area contributed by atoms with E-state index in [1.54, 1.807) is 19.1 Å². The van der Waals surface area contributed by atoms with Crippen LogP contribution in [0.25, 0.3) is 0 Å². The standard InChI is InChI=1S/C8H11BO4S/c1-2-13-8(10)5-6-3-4-7(14-6)9(11)12/h3-4,11-12H,2,5H2,1H3. The largest absolute Gasteiger partial charge is 0.499 e. The minimum Gasteiger partial charge on any atom is -0.466 e. The van der Waals surface area contributed by atoms with Crippen LogP contribution < -0.4 is 4.78 Å². The van der Waals surface area contributed by atoms with Crippen molar-refractivity contribution in [3.05, 3.63) is 17.0 Å². The van der Waals surface area contributed by atoms with Crippen LogP contribution in [-0.2, 0) is 16.0 Å². The molecule has 1 heterocycles. The van der Waals surface area contributed by atoms with E-state index >= 15 is 0 Å². The van der Waals surface area contributed by atoms with Crippen molar-refractivity contribution in [2.75, 3.05) is 6.61 Å². The molecule has 1 aromatic rings. The second-order valence-corrected chi connectivity index (χ2v) is 3.86. The van der Waals surface area contributed by atoms with E-state index < -0.39 is 7.12 Å². The number of ether oxygens (including phenoxy) is 1. The molecular formula is C8H11BO4S. The van der Waals surface area contributed by atoms with E-state index in [-0.39, 0.29) is 12.4 Å². The number of hydrogen-bond acceptors (Lipinski definition) is 5. The smallest absolute Gasteiger partial charge is 0.466 e. The fourth-order valence-corrected chi connectivity index (χ4v) is 1.85. The SMILES string of the molecule is CCOC(=O)Cc1ccc(B(O)O)s1. The van der Waals surface area contributed by atoms with Crippen LogP contribution in [-0.4, -0.2) is 29.7 Å². The lowest BCUT2D eigenvalue weighted by atomic mass is 9.90. The van der Waals surface area contributed by atoms with Gasteiger partial charge in [0, 0.05) is 9.65 Å². The fraction of sp³-hybridized carbons (Fsp3) is 0.375. The molecule has 0 spiro atoms. The van der Waals surface area contributed by atoms with Crippen molar-refractivity contribution >= 4 is 29.2 Å². The lowest BCUT2D eigenvalue weighted by Gasteiger charge is -1.98. The highest BCUT2D eigenvalue weighted by Crippen LogP contribution is 2.08. The molecule has 1 aromatic heterocycles. The molecular weight excluding hydrogens is 203 g/mol. The Hall–Kier alpha value is -0.845. The van der Waals surface area contributed by atoms with Crippen LogP contribution in [0.1, 0.15) is 11.8 Å². The summed E-state index contributed by atoms with van der Waals surface area (Å²) in [7, 11) is -1.46. The molecule has 0 amide bonds. The van der Waals surface area contributed by atoms with Gasteiger partial charge in [-0.15, -0.1) is 11.3 Å². The Morgan fingerprint density at radius 3 is 2.79 bits per heavy atom. The summed E-state index contributed by atoms with van der Waals surface area (Å²) in [4.78, 5) is 11.8. The van der Waals surface area contributed by atoms with Gasteiger partial charge in [-0.3, -0.25) is 4.79 Å². The van der Waals surface area contributed by atoms with E-state index in [1.807, 2.05) is 0 Å². The van der Waals surface area contributed by atoms with Crippen molar-refractivity contribution in [1.29, 1.82) is 0 Å². The molecule has 0 saturated heterocycles. The van der Waals surface area contributed by atoms with Crippen LogP contribution in [0.15, 0.2) is 12.1 Å². The van der Waals surface area contributed by atoms with Gasteiger partial charge in [-0.25, -0.2) is 0 Å². The summed E-state index contributed by atoms with van der Waals surface area (Å²) in [6, 6.07) is 3.28. The second kappa shape index (κ2) is 5.14. The van der Waals surface area contributed by atoms with E-state index in [0.717, 1.165) is 4.88 Å². The predicted octanol–water partition coefficient (Wildman–Crippen LogP) is -0.467. The number of carbonyl (C=O) groups excluding carboxylic acids is 1. The number of rotatable bonds is 4. The molecule has 4 nitrogen and oxygen atoms in total. The fourth-order valence-electron chi connectivity index (χ4n) is 0.983. The van der Waals surface area contributed by atoms with E-state index in [9.17, 15) is 4.79 Å². The maximum atomic E-state index is 11.1. The van der Waals surface area contributed by atoms with Gasteiger partial charge in [0.1, 0.15) is 0 Å². The lowest BCUT2D eigenvalue weighted by molar-refractivity contribution is -0.142. The maximum absolute atomic E-state index is 11.1. The molecule has 0 aromatic carbocycles. The Morgan fingerprint density at radius 2 is 2.29 bits per heavy atom. The Bertz CT molecular complexity index is 310. The summed E-state index contributed by atoms with van der Waals surface area (Å²) in [6.45, 7) is 2.11. The summed E-state index contributed by atoms with van der Waals surface area (Å²) in [6.07, 6.45) is 0.186. The minimum atomic E-state index is -1.46. The van der Waals surface area contributed by atoms with Crippen molar-refractivity contribution in [1.82, 2.24) is 0 Å². The molecule has 0 fully saturated rings. The first-order valence-electron chi connectivity index (χ1n) is 4.24. The van der Waals surface area contributed by atoms with Crippen molar-refractivity contribution in [3.8, 4) is 0 Å². The number of thiophene rings is 1. The van der Waals surface area contributed by atoms with Crippen molar-refractivity contribution < 1.29 is 19.6 Å². The quantitative estimate of drug-likeness (QED) is 0.525. The molecule has 0 aliphatic heterocycles. The third-order valence-electron chi connectivity index (χ3n) is 1.56. The summed E-state index contributed by atoms with van der Waals surface area (Å²) in [5.41, 5.74) is 0. The van der Waals surface area contributed by atoms with Gasteiger partial charge >= 0.3 is 13.1 Å². The Kier molecular flexibility index (Phi) is 4.12. The van der Waals surface area contributed by atoms with Crippen LogP contribution in [0.3, 0.4) is 0 Å². The molecule has 6 heteroatoms. The molecule has 0 bridgehead atoms. The summed E-state index contributed by atoms with van der Waals surface area (Å²) >= 11 is 1.19. The summed E-state index contributed by atoms with van der Waals surface area (Å²) < 4.78 is 5.19. The lowest BCUT2D eigenvalue weighted by Crippen LogP contribution is -2.26. The predicted molar refractivity (Wildman–Crippen MR) is 54.5 cm³/mol. The molecule has 0 aliphatic rings. The zero-order chi connectivity index (χ0) is 10.6. The van der Waals surface area contributed by atoms with Gasteiger partial charge in [0.15, 0.2) is 0 Å². The zero-order valence-electron chi connectivity index (χ0n) is 7.77. The van der Waals surface area contributed by atoms with Gasteiger partial charge in [0.25, 0.3) is 0 Å². The Morgan fingerprint density at radius 1 is 1.57 bits per heavy atom. The summed E-state index contributed by atoms with van der Waals surface area (Å²) in [5.74, 6) is -0.298. The van der Waals surface area contributed by atoms with E-state index in [1.165, 1.54) is 11.3 Å². The number of esters is 1. The van der Waals surface area contributed by atoms with Crippen LogP contribution in [0.4, 0.5) is 0 Å². The number of carbonyl (C=O) groups is 1. The van der Waals surface area contributed by atoms with Crippen LogP contribution >= 0.6 is 11.3 Å². The van der Waals surface area contributed by atoms with Crippen LogP contribution in [0.5, 0.6) is 0 Å². The monoisotopic (exact) mass is 214 g/mol. The first-order valence-corrected chi connectivity index (χ1v) is 5.05. The van der Waals surface area contributed by atoms with Gasteiger partial charge in [0.05, 0.1) is 13.0 Å². The molecule has 1 rings (SSSR count). The average molecular weight is 214 g/mol. The second-order valence-electron chi connectivity index (χ2n) is 2.66. The third kappa shape index (κ3) is 3.14. The molecule has 0 aliphatic carbocycles. The number of hydrogen-bond donors (Lipinski definition) is 2. The van der Waals surface area contributed by atoms with E-state index in [4.69, 9.17) is 14.8 Å². The highest BCUT2D eigenvalue weighted by atomic mass is 32.1. The van der Waals surface area contributed by atoms with E-state index in [0.29, 0.717) is 11.4 Å². The van der Waals surface area contributed by atoms with Gasteiger partial charge < -0.3 is 14.8 Å². The van der Waals surface area contributed by atoms with E-state index in [2.05, 4.69) is 0 Å². The molecule has 76 valence electrons. The first-order chi connectivity index (χ1) is 6.63. The Labute approximate surface area is 86.3 Å². The van der Waals surface area contributed by atoms with Gasteiger partial charge in [-0.05, 0) is 13.0 Å². The highest BCUT2D eigenvalue weighted by Gasteiger charge is 2.15. The minimum absolute atomic E-state index is 0.186. The molecule has 0 saturated carbocycles. The van der Waals surface area contributed by atoms with Gasteiger partial charge in [-0.1, -0.05) is 6.07 Å². The van der Waals surface area contributed by atoms with Crippen molar-refractivity contribution in [2.45, 2.75) is 13.3 Å². The highest BCUT2D eigenvalue weighted by molar-refractivity contribution is 7.22. The van der Waals surface area contributed by atoms with Crippen LogP contribution in [0, 0.1) is 0 Å². The Balaban J connectivity index is 2.55. The zero-order valence-corrected chi connectivity index (χ0v) is 8.58. The summed E-state index contributed by atoms with van der Waals surface area (Å²) in [5, 5.41) is 17.6. The molecule has 0 unspecified atom stereocenters. The van der Waals surface area contributed by atoms with Gasteiger partial charge in [-0.2, -0.15) is 0 Å². The topological polar surface area (TPSA) is 66.8 Å². The molecule has 0 radical (unpaired) electrons. The maximum Gasteiger partial charge on any atom is 0.499 e. The average Bonchev–Trinajstić information content (AvgIpc) is 2.53. The van der Waals surface area contributed by atoms with Crippen LogP contribution in [0.2, 0.25) is 0 Å².